The Kier molecular flexibility index (Phi) is 2.97. The smallest absolute Gasteiger partial charge is 0.228 e. The molecular weight excluding hydrogens is 266 g/mol. The first kappa shape index (κ1) is 14.0. The van der Waals surface area contributed by atoms with Crippen LogP contribution < -0.4 is 5.32 Å². The maximum absolute atomic E-state index is 12.9. The number of nitrogens with one attached hydrogen (secondary N) is 1. The second-order valence-corrected chi connectivity index (χ2v) is 8.49. The molecule has 0 saturated heterocycles. The number of hydrogen-bond donors (Lipinski definition) is 2. The first-order valence-corrected chi connectivity index (χ1v) is 8.51. The molecule has 0 aromatic rings. The summed E-state index contributed by atoms with van der Waals surface area (Å²) in [6.45, 7) is 0.534. The van der Waals surface area contributed by atoms with Crippen LogP contribution in [0.3, 0.4) is 0 Å². The van der Waals surface area contributed by atoms with Gasteiger partial charge < -0.3 is 15.2 Å². The monoisotopic (exact) mass is 293 g/mol. The highest BCUT2D eigenvalue weighted by Gasteiger charge is 2.59. The van der Waals surface area contributed by atoms with Gasteiger partial charge >= 0.3 is 0 Å². The Morgan fingerprint density at radius 2 is 1.90 bits per heavy atom. The summed E-state index contributed by atoms with van der Waals surface area (Å²) in [6, 6.07) is 0. The number of hydrogen-bond acceptors (Lipinski definition) is 3. The lowest BCUT2D eigenvalue weighted by atomic mass is 9.51. The molecule has 118 valence electrons. The van der Waals surface area contributed by atoms with Gasteiger partial charge in [-0.05, 0) is 63.2 Å². The summed E-state index contributed by atoms with van der Waals surface area (Å²) in [5.74, 6) is 1.40. The van der Waals surface area contributed by atoms with Crippen LogP contribution in [0.5, 0.6) is 0 Å². The molecule has 21 heavy (non-hydrogen) atoms. The van der Waals surface area contributed by atoms with Crippen molar-refractivity contribution >= 4 is 5.91 Å². The van der Waals surface area contributed by atoms with E-state index in [4.69, 9.17) is 4.74 Å². The van der Waals surface area contributed by atoms with E-state index in [0.717, 1.165) is 51.4 Å². The minimum absolute atomic E-state index is 0.133. The van der Waals surface area contributed by atoms with Crippen LogP contribution in [0, 0.1) is 17.3 Å². The van der Waals surface area contributed by atoms with Gasteiger partial charge in [-0.1, -0.05) is 6.42 Å². The molecule has 0 aromatic carbocycles. The Balaban J connectivity index is 1.53. The van der Waals surface area contributed by atoms with Crippen molar-refractivity contribution in [2.75, 3.05) is 13.7 Å². The van der Waals surface area contributed by atoms with E-state index in [0.29, 0.717) is 18.4 Å². The second kappa shape index (κ2) is 4.45. The SMILES string of the molecule is COCC1(C(=O)NC23C[C@H]4C[C@@H](CC(O)(C4)C2)C3)CCC1. The van der Waals surface area contributed by atoms with Crippen LogP contribution in [-0.4, -0.2) is 35.9 Å². The number of carbonyl (C=O) groups excluding carboxylic acids is 1. The molecule has 2 atom stereocenters. The molecule has 0 aliphatic heterocycles. The lowest BCUT2D eigenvalue weighted by Gasteiger charge is -2.61. The first-order chi connectivity index (χ1) is 9.97. The van der Waals surface area contributed by atoms with Gasteiger partial charge in [-0.25, -0.2) is 0 Å². The fourth-order valence-electron chi connectivity index (χ4n) is 6.05. The van der Waals surface area contributed by atoms with Crippen LogP contribution in [0.1, 0.15) is 57.8 Å². The molecule has 4 nitrogen and oxygen atoms in total. The van der Waals surface area contributed by atoms with Crippen molar-refractivity contribution < 1.29 is 14.6 Å². The zero-order valence-electron chi connectivity index (χ0n) is 13.0. The van der Waals surface area contributed by atoms with Crippen LogP contribution in [-0.2, 0) is 9.53 Å². The van der Waals surface area contributed by atoms with Gasteiger partial charge in [0.1, 0.15) is 0 Å². The quantitative estimate of drug-likeness (QED) is 0.833. The average molecular weight is 293 g/mol. The number of rotatable bonds is 4. The molecule has 5 saturated carbocycles. The third-order valence-electron chi connectivity index (χ3n) is 6.62. The van der Waals surface area contributed by atoms with Gasteiger partial charge in [-0.3, -0.25) is 4.79 Å². The number of carbonyl (C=O) groups is 1. The normalized spacial score (nSPS) is 46.2. The Hall–Kier alpha value is -0.610. The zero-order chi connectivity index (χ0) is 14.7. The molecule has 0 spiro atoms. The molecule has 5 fully saturated rings. The molecule has 5 aliphatic rings. The fourth-order valence-corrected chi connectivity index (χ4v) is 6.05. The second-order valence-electron chi connectivity index (χ2n) is 8.49. The molecule has 1 amide bonds. The molecule has 4 heteroatoms. The lowest BCUT2D eigenvalue weighted by molar-refractivity contribution is -0.161. The van der Waals surface area contributed by atoms with Crippen LogP contribution in [0.25, 0.3) is 0 Å². The molecule has 0 unspecified atom stereocenters. The van der Waals surface area contributed by atoms with E-state index in [2.05, 4.69) is 5.32 Å². The average Bonchev–Trinajstić information content (AvgIpc) is 2.29. The Bertz CT molecular complexity index is 443. The molecule has 0 heterocycles. The first-order valence-electron chi connectivity index (χ1n) is 8.51. The van der Waals surface area contributed by atoms with Crippen molar-refractivity contribution in [3.63, 3.8) is 0 Å². The van der Waals surface area contributed by atoms with Crippen LogP contribution in [0.15, 0.2) is 0 Å². The number of amides is 1. The van der Waals surface area contributed by atoms with Crippen molar-refractivity contribution in [1.29, 1.82) is 0 Å². The Morgan fingerprint density at radius 3 is 2.38 bits per heavy atom. The summed E-state index contributed by atoms with van der Waals surface area (Å²) in [7, 11) is 1.68. The van der Waals surface area contributed by atoms with Gasteiger partial charge in [0.05, 0.1) is 17.6 Å². The molecule has 2 N–H and O–H groups in total. The maximum atomic E-state index is 12.9. The number of methoxy groups -OCH3 is 1. The summed E-state index contributed by atoms with van der Waals surface area (Å²) in [6.07, 6.45) is 9.07. The summed E-state index contributed by atoms with van der Waals surface area (Å²) in [5.41, 5.74) is -0.932. The predicted molar refractivity (Wildman–Crippen MR) is 78.7 cm³/mol. The van der Waals surface area contributed by atoms with E-state index < -0.39 is 5.60 Å². The molecule has 5 rings (SSSR count). The third-order valence-corrected chi connectivity index (χ3v) is 6.62. The fraction of sp³-hybridized carbons (Fsp3) is 0.941. The highest BCUT2D eigenvalue weighted by molar-refractivity contribution is 5.84. The number of ether oxygens (including phenoxy) is 1. The minimum Gasteiger partial charge on any atom is -0.390 e. The standard InChI is InChI=1S/C17H27NO3/c1-21-11-15(3-2-4-15)14(19)18-16-6-12-5-13(7-16)9-17(20,8-12)10-16/h12-13,20H,2-11H2,1H3,(H,18,19)/t12-,13-,16?,17?/m1/s1. The van der Waals surface area contributed by atoms with Crippen LogP contribution in [0.2, 0.25) is 0 Å². The highest BCUT2D eigenvalue weighted by atomic mass is 16.5. The van der Waals surface area contributed by atoms with Crippen LogP contribution >= 0.6 is 0 Å². The Morgan fingerprint density at radius 1 is 1.24 bits per heavy atom. The maximum Gasteiger partial charge on any atom is 0.228 e. The van der Waals surface area contributed by atoms with Crippen molar-refractivity contribution in [3.8, 4) is 0 Å². The van der Waals surface area contributed by atoms with E-state index in [-0.39, 0.29) is 16.9 Å². The predicted octanol–water partition coefficient (Wildman–Crippen LogP) is 2.00. The van der Waals surface area contributed by atoms with Crippen molar-refractivity contribution in [1.82, 2.24) is 5.32 Å². The van der Waals surface area contributed by atoms with E-state index in [1.807, 2.05) is 0 Å². The summed E-state index contributed by atoms with van der Waals surface area (Å²) in [4.78, 5) is 12.9. The third kappa shape index (κ3) is 2.14. The minimum atomic E-state index is -0.509. The van der Waals surface area contributed by atoms with E-state index in [9.17, 15) is 9.90 Å². The van der Waals surface area contributed by atoms with Crippen LogP contribution in [0.4, 0.5) is 0 Å². The van der Waals surface area contributed by atoms with E-state index in [1.54, 1.807) is 7.11 Å². The van der Waals surface area contributed by atoms with Gasteiger partial charge in [-0.15, -0.1) is 0 Å². The molecule has 0 aromatic heterocycles. The van der Waals surface area contributed by atoms with Gasteiger partial charge in [-0.2, -0.15) is 0 Å². The Labute approximate surface area is 126 Å². The van der Waals surface area contributed by atoms with Gasteiger partial charge in [0.25, 0.3) is 0 Å². The van der Waals surface area contributed by atoms with E-state index in [1.165, 1.54) is 6.42 Å². The van der Waals surface area contributed by atoms with Crippen molar-refractivity contribution in [3.05, 3.63) is 0 Å². The highest BCUT2D eigenvalue weighted by Crippen LogP contribution is 2.58. The van der Waals surface area contributed by atoms with Gasteiger partial charge in [0.2, 0.25) is 5.91 Å². The molecule has 0 radical (unpaired) electrons. The van der Waals surface area contributed by atoms with E-state index >= 15 is 0 Å². The van der Waals surface area contributed by atoms with Crippen molar-refractivity contribution in [2.45, 2.75) is 68.9 Å². The van der Waals surface area contributed by atoms with Crippen molar-refractivity contribution in [2.24, 2.45) is 17.3 Å². The summed E-state index contributed by atoms with van der Waals surface area (Å²) < 4.78 is 5.30. The number of aliphatic hydroxyl groups is 1. The molecule has 5 aliphatic carbocycles. The summed E-state index contributed by atoms with van der Waals surface area (Å²) >= 11 is 0. The lowest BCUT2D eigenvalue weighted by Crippen LogP contribution is -2.67. The van der Waals surface area contributed by atoms with Gasteiger partial charge in [0, 0.05) is 12.6 Å². The molecular formula is C17H27NO3. The largest absolute Gasteiger partial charge is 0.390 e. The van der Waals surface area contributed by atoms with Gasteiger partial charge in [0.15, 0.2) is 0 Å². The molecule has 4 bridgehead atoms. The zero-order valence-corrected chi connectivity index (χ0v) is 13.0. The summed E-state index contributed by atoms with van der Waals surface area (Å²) in [5, 5.41) is 14.2. The topological polar surface area (TPSA) is 58.6 Å².